The zero-order chi connectivity index (χ0) is 14.9. The van der Waals surface area contributed by atoms with E-state index in [4.69, 9.17) is 5.11 Å². The molecule has 1 aromatic rings. The lowest BCUT2D eigenvalue weighted by atomic mass is 10.1. The van der Waals surface area contributed by atoms with Gasteiger partial charge in [0.05, 0.1) is 11.6 Å². The van der Waals surface area contributed by atoms with Crippen molar-refractivity contribution in [1.29, 1.82) is 0 Å². The summed E-state index contributed by atoms with van der Waals surface area (Å²) in [6, 6.07) is 0.388. The molecule has 1 amide bonds. The molecule has 7 heteroatoms. The van der Waals surface area contributed by atoms with E-state index >= 15 is 0 Å². The lowest BCUT2D eigenvalue weighted by molar-refractivity contribution is 0.0609. The molecule has 1 heterocycles. The molecule has 0 aliphatic carbocycles. The van der Waals surface area contributed by atoms with Gasteiger partial charge in [-0.3, -0.25) is 4.79 Å². The first-order valence-corrected chi connectivity index (χ1v) is 6.35. The Bertz CT molecular complexity index is 533. The summed E-state index contributed by atoms with van der Waals surface area (Å²) < 4.78 is 40.0. The lowest BCUT2D eigenvalue weighted by Gasteiger charge is -2.38. The van der Waals surface area contributed by atoms with E-state index in [2.05, 4.69) is 5.32 Å². The van der Waals surface area contributed by atoms with Crippen molar-refractivity contribution in [2.45, 2.75) is 19.4 Å². The second-order valence-corrected chi connectivity index (χ2v) is 4.69. The molecule has 0 bridgehead atoms. The predicted molar refractivity (Wildman–Crippen MR) is 66.0 cm³/mol. The molecule has 2 rings (SSSR count). The highest BCUT2D eigenvalue weighted by molar-refractivity contribution is 5.95. The minimum Gasteiger partial charge on any atom is -0.503 e. The van der Waals surface area contributed by atoms with Crippen LogP contribution in [0.2, 0.25) is 0 Å². The number of phenolic OH excluding ortho intramolecular Hbond substituents is 1. The monoisotopic (exact) mass is 288 g/mol. The van der Waals surface area contributed by atoms with Crippen molar-refractivity contribution in [2.75, 3.05) is 19.6 Å². The molecule has 0 aromatic heterocycles. The Kier molecular flexibility index (Phi) is 4.17. The molecule has 1 saturated heterocycles. The van der Waals surface area contributed by atoms with Crippen LogP contribution in [0.15, 0.2) is 6.07 Å². The number of nitrogens with zero attached hydrogens (tertiary/aromatic N) is 1. The number of hydrogen-bond acceptors (Lipinski definition) is 3. The van der Waals surface area contributed by atoms with Crippen LogP contribution in [0.3, 0.4) is 0 Å². The molecule has 2 N–H and O–H groups in total. The second-order valence-electron chi connectivity index (χ2n) is 4.69. The van der Waals surface area contributed by atoms with Crippen LogP contribution < -0.4 is 5.32 Å². The maximum absolute atomic E-state index is 13.8. The number of carbonyl (C=O) groups is 1. The van der Waals surface area contributed by atoms with Crippen molar-refractivity contribution in [3.05, 3.63) is 29.1 Å². The van der Waals surface area contributed by atoms with Gasteiger partial charge in [-0.1, -0.05) is 6.92 Å². The molecule has 0 spiro atoms. The number of phenols is 1. The van der Waals surface area contributed by atoms with Gasteiger partial charge in [0.15, 0.2) is 17.4 Å². The van der Waals surface area contributed by atoms with Crippen LogP contribution in [0.1, 0.15) is 23.7 Å². The van der Waals surface area contributed by atoms with Crippen LogP contribution in [-0.2, 0) is 0 Å². The fourth-order valence-corrected chi connectivity index (χ4v) is 2.09. The van der Waals surface area contributed by atoms with Gasteiger partial charge in [0.25, 0.3) is 5.91 Å². The third kappa shape index (κ3) is 2.45. The highest BCUT2D eigenvalue weighted by atomic mass is 19.2. The zero-order valence-corrected chi connectivity index (χ0v) is 10.9. The SMILES string of the molecule is CCCN(C(=O)c1cc(F)c(F)c(O)c1F)C1CNC1. The van der Waals surface area contributed by atoms with Crippen molar-refractivity contribution < 1.29 is 23.1 Å². The summed E-state index contributed by atoms with van der Waals surface area (Å²) in [6.07, 6.45) is 0.652. The molecule has 1 aliphatic rings. The Morgan fingerprint density at radius 2 is 2.05 bits per heavy atom. The topological polar surface area (TPSA) is 52.6 Å². The van der Waals surface area contributed by atoms with E-state index in [1.165, 1.54) is 4.90 Å². The van der Waals surface area contributed by atoms with E-state index < -0.39 is 34.7 Å². The van der Waals surface area contributed by atoms with Crippen LogP contribution >= 0.6 is 0 Å². The molecule has 0 radical (unpaired) electrons. The fourth-order valence-electron chi connectivity index (χ4n) is 2.09. The first-order valence-electron chi connectivity index (χ1n) is 6.35. The number of amides is 1. The predicted octanol–water partition coefficient (Wildman–Crippen LogP) is 1.63. The van der Waals surface area contributed by atoms with Crippen molar-refractivity contribution in [1.82, 2.24) is 10.2 Å². The van der Waals surface area contributed by atoms with Gasteiger partial charge in [-0.05, 0) is 12.5 Å². The van der Waals surface area contributed by atoms with Crippen LogP contribution in [0, 0.1) is 17.5 Å². The van der Waals surface area contributed by atoms with Crippen molar-refractivity contribution in [3.8, 4) is 5.75 Å². The minimum absolute atomic E-state index is 0.0999. The van der Waals surface area contributed by atoms with Gasteiger partial charge < -0.3 is 15.3 Å². The smallest absolute Gasteiger partial charge is 0.257 e. The quantitative estimate of drug-likeness (QED) is 0.828. The molecule has 20 heavy (non-hydrogen) atoms. The molecule has 4 nitrogen and oxygen atoms in total. The second kappa shape index (κ2) is 5.70. The molecule has 0 unspecified atom stereocenters. The van der Waals surface area contributed by atoms with E-state index in [1.54, 1.807) is 0 Å². The number of carbonyl (C=O) groups excluding carboxylic acids is 1. The van der Waals surface area contributed by atoms with Gasteiger partial charge in [-0.2, -0.15) is 4.39 Å². The fraction of sp³-hybridized carbons (Fsp3) is 0.462. The zero-order valence-electron chi connectivity index (χ0n) is 10.9. The number of nitrogens with one attached hydrogen (secondary N) is 1. The van der Waals surface area contributed by atoms with Gasteiger partial charge in [0, 0.05) is 19.6 Å². The summed E-state index contributed by atoms with van der Waals surface area (Å²) in [6.45, 7) is 3.38. The van der Waals surface area contributed by atoms with E-state index in [0.717, 1.165) is 0 Å². The Morgan fingerprint density at radius 1 is 1.40 bits per heavy atom. The normalized spacial score (nSPS) is 15.0. The molecular formula is C13H15F3N2O2. The molecule has 1 fully saturated rings. The largest absolute Gasteiger partial charge is 0.503 e. The molecule has 0 atom stereocenters. The molecule has 1 aromatic carbocycles. The first kappa shape index (κ1) is 14.6. The summed E-state index contributed by atoms with van der Waals surface area (Å²) in [5, 5.41) is 12.1. The Morgan fingerprint density at radius 3 is 2.55 bits per heavy atom. The summed E-state index contributed by atoms with van der Waals surface area (Å²) in [5.74, 6) is -6.77. The number of benzene rings is 1. The Labute approximate surface area is 114 Å². The molecule has 110 valence electrons. The van der Waals surface area contributed by atoms with Gasteiger partial charge in [0.1, 0.15) is 0 Å². The average Bonchev–Trinajstić information content (AvgIpc) is 2.37. The van der Waals surface area contributed by atoms with Crippen LogP contribution in [-0.4, -0.2) is 41.6 Å². The van der Waals surface area contributed by atoms with Gasteiger partial charge in [0.2, 0.25) is 5.82 Å². The standard InChI is InChI=1S/C13H15F3N2O2/c1-2-3-18(7-5-17-6-7)13(20)8-4-9(14)11(16)12(19)10(8)15/h4,7,17,19H,2-3,5-6H2,1H3. The van der Waals surface area contributed by atoms with Crippen LogP contribution in [0.5, 0.6) is 5.75 Å². The number of aromatic hydroxyl groups is 1. The van der Waals surface area contributed by atoms with Crippen LogP contribution in [0.4, 0.5) is 13.2 Å². The van der Waals surface area contributed by atoms with Crippen molar-refractivity contribution in [3.63, 3.8) is 0 Å². The molecule has 1 aliphatic heterocycles. The summed E-state index contributed by atoms with van der Waals surface area (Å²) in [5.41, 5.74) is -0.651. The number of rotatable bonds is 4. The summed E-state index contributed by atoms with van der Waals surface area (Å²) in [7, 11) is 0. The Hall–Kier alpha value is -1.76. The number of hydrogen-bond donors (Lipinski definition) is 2. The maximum atomic E-state index is 13.8. The first-order chi connectivity index (χ1) is 9.47. The average molecular weight is 288 g/mol. The maximum Gasteiger partial charge on any atom is 0.257 e. The van der Waals surface area contributed by atoms with E-state index in [1.807, 2.05) is 6.92 Å². The van der Waals surface area contributed by atoms with E-state index in [-0.39, 0.29) is 6.04 Å². The highest BCUT2D eigenvalue weighted by Gasteiger charge is 2.32. The Balaban J connectivity index is 2.36. The third-order valence-electron chi connectivity index (χ3n) is 3.29. The highest BCUT2D eigenvalue weighted by Crippen LogP contribution is 2.27. The van der Waals surface area contributed by atoms with E-state index in [9.17, 15) is 18.0 Å². The summed E-state index contributed by atoms with van der Waals surface area (Å²) >= 11 is 0. The van der Waals surface area contributed by atoms with E-state index in [0.29, 0.717) is 32.1 Å². The van der Waals surface area contributed by atoms with Gasteiger partial charge in [-0.15, -0.1) is 0 Å². The number of halogens is 3. The molecule has 0 saturated carbocycles. The van der Waals surface area contributed by atoms with Gasteiger partial charge >= 0.3 is 0 Å². The lowest BCUT2D eigenvalue weighted by Crippen LogP contribution is -2.59. The van der Waals surface area contributed by atoms with Gasteiger partial charge in [-0.25, -0.2) is 8.78 Å². The van der Waals surface area contributed by atoms with Crippen LogP contribution in [0.25, 0.3) is 0 Å². The molecular weight excluding hydrogens is 273 g/mol. The van der Waals surface area contributed by atoms with Crippen molar-refractivity contribution in [2.24, 2.45) is 0 Å². The summed E-state index contributed by atoms with van der Waals surface area (Å²) in [4.78, 5) is 13.7. The minimum atomic E-state index is -1.69. The van der Waals surface area contributed by atoms with Crippen molar-refractivity contribution >= 4 is 5.91 Å². The third-order valence-corrected chi connectivity index (χ3v) is 3.29.